The molecule has 2 aliphatic heterocycles. The van der Waals surface area contributed by atoms with E-state index in [1.807, 2.05) is 12.1 Å². The molecule has 2 amide bonds. The van der Waals surface area contributed by atoms with E-state index in [2.05, 4.69) is 21.4 Å². The third kappa shape index (κ3) is 4.92. The summed E-state index contributed by atoms with van der Waals surface area (Å²) in [5.41, 5.74) is 4.29. The summed E-state index contributed by atoms with van der Waals surface area (Å²) >= 11 is 0. The van der Waals surface area contributed by atoms with Gasteiger partial charge in [0.15, 0.2) is 0 Å². The Morgan fingerprint density at radius 2 is 2.06 bits per heavy atom. The Labute approximate surface area is 183 Å². The molecule has 0 unspecified atom stereocenters. The molecule has 0 saturated carbocycles. The Morgan fingerprint density at radius 3 is 2.75 bits per heavy atom. The highest BCUT2D eigenvalue weighted by molar-refractivity contribution is 5.77. The zero-order chi connectivity index (χ0) is 22.7. The highest BCUT2D eigenvalue weighted by Crippen LogP contribution is 2.35. The third-order valence-corrected chi connectivity index (χ3v) is 5.52. The highest BCUT2D eigenvalue weighted by atomic mass is 19.4. The Kier molecular flexibility index (Phi) is 6.15. The number of alkyl halides is 3. The molecule has 0 aromatic heterocycles. The number of carbonyl (C=O) groups excluding carboxylic acids is 1. The van der Waals surface area contributed by atoms with Gasteiger partial charge in [-0.05, 0) is 46.4 Å². The average molecular weight is 445 g/mol. The lowest BCUT2D eigenvalue weighted by Gasteiger charge is -2.35. The summed E-state index contributed by atoms with van der Waals surface area (Å²) in [5.74, 6) is -0.277. The largest absolute Gasteiger partial charge is 0.573 e. The topological polar surface area (TPSA) is 62.8 Å². The first-order valence-corrected chi connectivity index (χ1v) is 10.2. The van der Waals surface area contributed by atoms with Gasteiger partial charge in [-0.3, -0.25) is 0 Å². The fourth-order valence-electron chi connectivity index (χ4n) is 3.94. The van der Waals surface area contributed by atoms with E-state index in [1.165, 1.54) is 18.2 Å². The second kappa shape index (κ2) is 9.01. The first-order valence-electron chi connectivity index (χ1n) is 10.2. The summed E-state index contributed by atoms with van der Waals surface area (Å²) in [6.07, 6.45) is 1.14. The van der Waals surface area contributed by atoms with Gasteiger partial charge in [0.2, 0.25) is 0 Å². The van der Waals surface area contributed by atoms with Crippen molar-refractivity contribution < 1.29 is 27.4 Å². The molecule has 32 heavy (non-hydrogen) atoms. The molecule has 168 valence electrons. The minimum atomic E-state index is -4.76. The van der Waals surface area contributed by atoms with E-state index in [0.717, 1.165) is 22.3 Å². The maximum absolute atomic E-state index is 12.7. The Hall–Kier alpha value is -3.38. The number of hydrogen-bond donors (Lipinski definition) is 2. The number of nitrogens with one attached hydrogen (secondary N) is 2. The summed E-state index contributed by atoms with van der Waals surface area (Å²) in [6.45, 7) is 2.30. The van der Waals surface area contributed by atoms with Crippen molar-refractivity contribution in [1.82, 2.24) is 15.5 Å². The predicted molar refractivity (Wildman–Crippen MR) is 111 cm³/mol. The number of nitrogens with zero attached hydrogens (tertiary/aromatic N) is 1. The molecule has 1 saturated heterocycles. The van der Waals surface area contributed by atoms with Crippen LogP contribution in [0.1, 0.15) is 16.7 Å². The molecule has 1 fully saturated rings. The molecule has 4 rings (SSSR count). The summed E-state index contributed by atoms with van der Waals surface area (Å²) in [6, 6.07) is 11.9. The van der Waals surface area contributed by atoms with Gasteiger partial charge in [0.25, 0.3) is 0 Å². The summed E-state index contributed by atoms with van der Waals surface area (Å²) in [4.78, 5) is 14.4. The van der Waals surface area contributed by atoms with Crippen molar-refractivity contribution >= 4 is 6.03 Å². The van der Waals surface area contributed by atoms with Crippen molar-refractivity contribution in [3.05, 3.63) is 53.1 Å². The summed E-state index contributed by atoms with van der Waals surface area (Å²) in [5, 5.41) is 5.80. The number of urea groups is 1. The second-order valence-corrected chi connectivity index (χ2v) is 7.66. The molecular weight excluding hydrogens is 423 g/mol. The van der Waals surface area contributed by atoms with Crippen LogP contribution in [-0.2, 0) is 24.2 Å². The fraction of sp³-hybridized carbons (Fsp3) is 0.348. The van der Waals surface area contributed by atoms with Crippen LogP contribution < -0.4 is 15.4 Å². The molecule has 2 aliphatic rings. The van der Waals surface area contributed by atoms with Crippen molar-refractivity contribution in [2.24, 2.45) is 0 Å². The van der Waals surface area contributed by atoms with Crippen LogP contribution in [0.5, 0.6) is 5.75 Å². The normalized spacial score (nSPS) is 15.9. The quantitative estimate of drug-likeness (QED) is 0.547. The maximum atomic E-state index is 12.7. The van der Waals surface area contributed by atoms with Gasteiger partial charge in [-0.25, -0.2) is 4.79 Å². The second-order valence-electron chi connectivity index (χ2n) is 7.66. The molecule has 0 aliphatic carbocycles. The molecule has 0 radical (unpaired) electrons. The first kappa shape index (κ1) is 21.8. The van der Waals surface area contributed by atoms with Crippen molar-refractivity contribution in [2.75, 3.05) is 19.8 Å². The van der Waals surface area contributed by atoms with E-state index >= 15 is 0 Å². The molecule has 2 N–H and O–H groups in total. The number of carbonyl (C=O) groups is 1. The number of halogens is 3. The van der Waals surface area contributed by atoms with E-state index in [9.17, 15) is 18.0 Å². The van der Waals surface area contributed by atoms with Gasteiger partial charge < -0.3 is 25.0 Å². The molecule has 9 heteroatoms. The lowest BCUT2D eigenvalue weighted by Crippen LogP contribution is -2.53. The van der Waals surface area contributed by atoms with Gasteiger partial charge in [-0.2, -0.15) is 0 Å². The molecular formula is C23H22F3N3O3. The van der Waals surface area contributed by atoms with Crippen molar-refractivity contribution in [3.63, 3.8) is 0 Å². The van der Waals surface area contributed by atoms with Crippen LogP contribution in [0.2, 0.25) is 0 Å². The van der Waals surface area contributed by atoms with Crippen LogP contribution in [0.15, 0.2) is 36.4 Å². The summed E-state index contributed by atoms with van der Waals surface area (Å²) in [7, 11) is 0. The SMILES string of the molecule is C#CNCc1ccc(-c2cccc(OC(F)(F)F)c2)c2c1CN(C(=O)NC1COC1)CC2. The Balaban J connectivity index is 1.65. The standard InChI is InChI=1S/C23H22F3N3O3/c1-2-27-11-16-6-7-19(15-4-3-5-18(10-15)32-23(24,25)26)20-8-9-29(12-21(16)20)22(30)28-17-13-31-14-17/h1,3-7,10,17,27H,8-9,11-14H2,(H,28,30). The molecule has 0 bridgehead atoms. The number of amides is 2. The van der Waals surface area contributed by atoms with Crippen molar-refractivity contribution in [2.45, 2.75) is 31.9 Å². The molecule has 2 aromatic carbocycles. The van der Waals surface area contributed by atoms with E-state index in [-0.39, 0.29) is 17.8 Å². The number of rotatable bonds is 5. The highest BCUT2D eigenvalue weighted by Gasteiger charge is 2.32. The van der Waals surface area contributed by atoms with Gasteiger partial charge in [-0.15, -0.1) is 13.2 Å². The Bertz CT molecular complexity index is 1050. The lowest BCUT2D eigenvalue weighted by atomic mass is 9.87. The predicted octanol–water partition coefficient (Wildman–Crippen LogP) is 3.40. The van der Waals surface area contributed by atoms with Crippen LogP contribution in [0.25, 0.3) is 11.1 Å². The smallest absolute Gasteiger partial charge is 0.406 e. The minimum absolute atomic E-state index is 0.0224. The van der Waals surface area contributed by atoms with Crippen LogP contribution >= 0.6 is 0 Å². The van der Waals surface area contributed by atoms with E-state index < -0.39 is 6.36 Å². The minimum Gasteiger partial charge on any atom is -0.406 e. The molecule has 6 nitrogen and oxygen atoms in total. The monoisotopic (exact) mass is 445 g/mol. The maximum Gasteiger partial charge on any atom is 0.573 e. The zero-order valence-electron chi connectivity index (χ0n) is 17.2. The molecule has 2 aromatic rings. The van der Waals surface area contributed by atoms with Crippen LogP contribution in [0, 0.1) is 12.5 Å². The fourth-order valence-corrected chi connectivity index (χ4v) is 3.94. The first-order chi connectivity index (χ1) is 15.3. The molecule has 0 spiro atoms. The third-order valence-electron chi connectivity index (χ3n) is 5.52. The average Bonchev–Trinajstić information content (AvgIpc) is 2.73. The van der Waals surface area contributed by atoms with Crippen molar-refractivity contribution in [1.29, 1.82) is 0 Å². The number of terminal acetylenes is 1. The van der Waals surface area contributed by atoms with Crippen LogP contribution in [0.4, 0.5) is 18.0 Å². The number of fused-ring (bicyclic) bond motifs is 1. The van der Waals surface area contributed by atoms with E-state index in [1.54, 1.807) is 11.0 Å². The van der Waals surface area contributed by atoms with Gasteiger partial charge in [0.1, 0.15) is 5.75 Å². The lowest BCUT2D eigenvalue weighted by molar-refractivity contribution is -0.274. The number of benzene rings is 2. The zero-order valence-corrected chi connectivity index (χ0v) is 17.2. The molecule has 2 heterocycles. The van der Waals surface area contributed by atoms with Crippen molar-refractivity contribution in [3.8, 4) is 29.3 Å². The van der Waals surface area contributed by atoms with Gasteiger partial charge >= 0.3 is 12.4 Å². The van der Waals surface area contributed by atoms with Crippen LogP contribution in [-0.4, -0.2) is 43.1 Å². The van der Waals surface area contributed by atoms with E-state index in [0.29, 0.717) is 44.8 Å². The van der Waals surface area contributed by atoms with Crippen LogP contribution in [0.3, 0.4) is 0 Å². The van der Waals surface area contributed by atoms with Gasteiger partial charge in [-0.1, -0.05) is 30.7 Å². The van der Waals surface area contributed by atoms with Gasteiger partial charge in [0, 0.05) is 25.7 Å². The molecule has 0 atom stereocenters. The van der Waals surface area contributed by atoms with Gasteiger partial charge in [0.05, 0.1) is 19.3 Å². The van der Waals surface area contributed by atoms with E-state index in [4.69, 9.17) is 11.2 Å². The number of ether oxygens (including phenoxy) is 2. The number of hydrogen-bond acceptors (Lipinski definition) is 4. The Morgan fingerprint density at radius 1 is 1.25 bits per heavy atom. The summed E-state index contributed by atoms with van der Waals surface area (Å²) < 4.78 is 47.2.